The van der Waals surface area contributed by atoms with Crippen molar-refractivity contribution in [3.8, 4) is 11.3 Å². The highest BCUT2D eigenvalue weighted by molar-refractivity contribution is 7.89. The van der Waals surface area contributed by atoms with Crippen molar-refractivity contribution in [3.63, 3.8) is 0 Å². The van der Waals surface area contributed by atoms with E-state index in [1.165, 1.54) is 0 Å². The minimum absolute atomic E-state index is 0.0145. The van der Waals surface area contributed by atoms with Crippen LogP contribution in [0.4, 0.5) is 14.6 Å². The van der Waals surface area contributed by atoms with Gasteiger partial charge >= 0.3 is 5.76 Å². The molecule has 3 aromatic rings. The number of carbonyl (C=O) groups is 1. The molecule has 0 unspecified atom stereocenters. The van der Waals surface area contributed by atoms with E-state index in [2.05, 4.69) is 29.0 Å². The summed E-state index contributed by atoms with van der Waals surface area (Å²) in [6, 6.07) is 13.3. The summed E-state index contributed by atoms with van der Waals surface area (Å²) in [6.07, 6.45) is 2.86. The van der Waals surface area contributed by atoms with Gasteiger partial charge in [-0.25, -0.2) is 13.4 Å². The van der Waals surface area contributed by atoms with Gasteiger partial charge in [-0.1, -0.05) is 18.2 Å². The van der Waals surface area contributed by atoms with Gasteiger partial charge in [-0.3, -0.25) is 9.78 Å². The minimum Gasteiger partial charge on any atom is -0.372 e. The van der Waals surface area contributed by atoms with Crippen molar-refractivity contribution in [1.29, 1.82) is 0 Å². The molecule has 0 spiro atoms. The number of nitrogens with zero attached hydrogens (tertiary/aromatic N) is 4. The zero-order chi connectivity index (χ0) is 28.4. The highest BCUT2D eigenvalue weighted by atomic mass is 32.2. The van der Waals surface area contributed by atoms with Crippen LogP contribution in [0.3, 0.4) is 0 Å². The number of hydrogen-bond donors (Lipinski definition) is 1. The average molecular weight is 574 g/mol. The van der Waals surface area contributed by atoms with Gasteiger partial charge in [0.15, 0.2) is 0 Å². The quantitative estimate of drug-likeness (QED) is 0.461. The molecule has 0 bridgehead atoms. The zero-order valence-corrected chi connectivity index (χ0v) is 23.3. The fourth-order valence-electron chi connectivity index (χ4n) is 5.41. The third kappa shape index (κ3) is 6.39. The Hall–Kier alpha value is -3.22. The molecule has 40 heavy (non-hydrogen) atoms. The number of hydrogen-bond acceptors (Lipinski definition) is 7. The number of morpholine rings is 1. The average Bonchev–Trinajstić information content (AvgIpc) is 2.92. The maximum Gasteiger partial charge on any atom is 0.350 e. The van der Waals surface area contributed by atoms with E-state index in [0.717, 1.165) is 45.2 Å². The van der Waals surface area contributed by atoms with Gasteiger partial charge in [0.25, 0.3) is 10.0 Å². The van der Waals surface area contributed by atoms with Crippen LogP contribution in [0.1, 0.15) is 32.4 Å². The number of benzene rings is 1. The molecule has 2 aromatic heterocycles. The smallest absolute Gasteiger partial charge is 0.350 e. The number of nitrogens with one attached hydrogen (secondary N) is 1. The first-order valence-electron chi connectivity index (χ1n) is 13.4. The Morgan fingerprint density at radius 3 is 2.62 bits per heavy atom. The summed E-state index contributed by atoms with van der Waals surface area (Å²) in [5.41, 5.74) is 2.32. The molecule has 1 aromatic carbocycles. The lowest BCUT2D eigenvalue weighted by Crippen LogP contribution is -2.51. The number of piperidine rings is 1. The van der Waals surface area contributed by atoms with E-state index in [9.17, 15) is 22.0 Å². The van der Waals surface area contributed by atoms with Crippen LogP contribution in [-0.2, 0) is 26.0 Å². The number of sulfonamides is 1. The molecule has 3 atom stereocenters. The summed E-state index contributed by atoms with van der Waals surface area (Å²) in [6.45, 7) is 5.53. The van der Waals surface area contributed by atoms with Gasteiger partial charge in [0.05, 0.1) is 30.0 Å². The fraction of sp³-hybridized carbons (Fsp3) is 0.464. The predicted octanol–water partition coefficient (Wildman–Crippen LogP) is 3.59. The Kier molecular flexibility index (Phi) is 8.29. The molecular weight excluding hydrogens is 540 g/mol. The first-order valence-corrected chi connectivity index (χ1v) is 14.9. The molecule has 0 saturated carbocycles. The van der Waals surface area contributed by atoms with Crippen molar-refractivity contribution in [2.75, 3.05) is 31.1 Å². The van der Waals surface area contributed by atoms with E-state index in [1.807, 2.05) is 42.5 Å². The second-order valence-electron chi connectivity index (χ2n) is 10.5. The van der Waals surface area contributed by atoms with Gasteiger partial charge in [0.1, 0.15) is 5.82 Å². The number of anilines is 1. The maximum absolute atomic E-state index is 12.9. The Labute approximate surface area is 232 Å². The molecule has 1 N–H and O–H groups in total. The molecule has 2 fully saturated rings. The van der Waals surface area contributed by atoms with Crippen LogP contribution >= 0.6 is 0 Å². The number of alkyl halides is 2. The Balaban J connectivity index is 1.28. The van der Waals surface area contributed by atoms with E-state index >= 15 is 0 Å². The number of pyridine rings is 2. The lowest BCUT2D eigenvalue weighted by Gasteiger charge is -2.36. The van der Waals surface area contributed by atoms with Crippen molar-refractivity contribution < 1.29 is 26.7 Å². The largest absolute Gasteiger partial charge is 0.372 e. The summed E-state index contributed by atoms with van der Waals surface area (Å²) in [5, 5.41) is 4.61. The van der Waals surface area contributed by atoms with Crippen molar-refractivity contribution in [3.05, 3.63) is 54.4 Å². The third-order valence-electron chi connectivity index (χ3n) is 7.23. The first-order chi connectivity index (χ1) is 19.1. The fourth-order valence-corrected chi connectivity index (χ4v) is 6.41. The molecule has 2 aliphatic rings. The van der Waals surface area contributed by atoms with Crippen LogP contribution in [-0.4, -0.2) is 78.8 Å². The second kappa shape index (κ2) is 11.7. The number of halogens is 2. The standard InChI is InChI=1S/C28H33F2N5O4S/c1-18-15-34(16-19(2)39-18)26-7-3-6-25(33-26)20-8-9-21-14-31-24(12-22(21)11-20)13-27(36)32-23-5-4-10-35(17-23)40(37,38)28(29)30/h3,6-9,11-12,14,18-19,23,28H,4-5,10,13,15-17H2,1-2H3,(H,32,36)/t18-,19+,23-/m1/s1. The highest BCUT2D eigenvalue weighted by Crippen LogP contribution is 2.27. The van der Waals surface area contributed by atoms with Crippen LogP contribution in [0.25, 0.3) is 22.0 Å². The molecule has 4 heterocycles. The van der Waals surface area contributed by atoms with Crippen molar-refractivity contribution in [2.24, 2.45) is 0 Å². The van der Waals surface area contributed by atoms with E-state index in [1.54, 1.807) is 6.20 Å². The van der Waals surface area contributed by atoms with Crippen LogP contribution < -0.4 is 10.2 Å². The Morgan fingerprint density at radius 1 is 1.10 bits per heavy atom. The topological polar surface area (TPSA) is 105 Å². The van der Waals surface area contributed by atoms with Gasteiger partial charge < -0.3 is 15.0 Å². The van der Waals surface area contributed by atoms with Crippen molar-refractivity contribution in [1.82, 2.24) is 19.6 Å². The second-order valence-corrected chi connectivity index (χ2v) is 12.4. The zero-order valence-electron chi connectivity index (χ0n) is 22.5. The summed E-state index contributed by atoms with van der Waals surface area (Å²) in [5.74, 6) is -2.92. The summed E-state index contributed by atoms with van der Waals surface area (Å²) < 4.78 is 56.1. The highest BCUT2D eigenvalue weighted by Gasteiger charge is 2.35. The van der Waals surface area contributed by atoms with Gasteiger partial charge in [-0.15, -0.1) is 0 Å². The SMILES string of the molecule is C[C@@H]1CN(c2cccc(-c3ccc4cnc(CC(=O)N[C@@H]5CCCN(S(=O)(=O)C(F)F)C5)cc4c3)n2)C[C@H](C)O1. The maximum atomic E-state index is 12.9. The van der Waals surface area contributed by atoms with Crippen LogP contribution in [0.15, 0.2) is 48.7 Å². The number of amides is 1. The van der Waals surface area contributed by atoms with Gasteiger partial charge in [0, 0.05) is 49.4 Å². The lowest BCUT2D eigenvalue weighted by atomic mass is 10.0. The molecular formula is C28H33F2N5O4S. The molecule has 214 valence electrons. The molecule has 12 heteroatoms. The predicted molar refractivity (Wildman–Crippen MR) is 149 cm³/mol. The molecule has 1 amide bonds. The molecule has 0 aliphatic carbocycles. The number of aromatic nitrogens is 2. The monoisotopic (exact) mass is 573 g/mol. The van der Waals surface area contributed by atoms with Gasteiger partial charge in [0.2, 0.25) is 5.91 Å². The van der Waals surface area contributed by atoms with Gasteiger partial charge in [-0.05, 0) is 56.3 Å². The Morgan fingerprint density at radius 2 is 1.88 bits per heavy atom. The molecule has 5 rings (SSSR count). The van der Waals surface area contributed by atoms with Crippen LogP contribution in [0.5, 0.6) is 0 Å². The minimum atomic E-state index is -4.67. The van der Waals surface area contributed by atoms with Crippen molar-refractivity contribution in [2.45, 2.75) is 57.1 Å². The third-order valence-corrected chi connectivity index (χ3v) is 8.73. The van der Waals surface area contributed by atoms with Crippen LogP contribution in [0, 0.1) is 0 Å². The number of ether oxygens (including phenoxy) is 1. The van der Waals surface area contributed by atoms with Gasteiger partial charge in [-0.2, -0.15) is 13.1 Å². The van der Waals surface area contributed by atoms with Crippen LogP contribution in [0.2, 0.25) is 0 Å². The first kappa shape index (κ1) is 28.3. The van der Waals surface area contributed by atoms with E-state index in [0.29, 0.717) is 18.5 Å². The molecule has 2 aliphatic heterocycles. The normalized spacial score (nSPS) is 22.5. The number of fused-ring (bicyclic) bond motifs is 1. The summed E-state index contributed by atoms with van der Waals surface area (Å²) >= 11 is 0. The van der Waals surface area contributed by atoms with Crippen molar-refractivity contribution >= 4 is 32.5 Å². The molecule has 9 nitrogen and oxygen atoms in total. The lowest BCUT2D eigenvalue weighted by molar-refractivity contribution is -0.121. The summed E-state index contributed by atoms with van der Waals surface area (Å²) in [4.78, 5) is 24.3. The number of carbonyl (C=O) groups excluding carboxylic acids is 1. The Bertz CT molecular complexity index is 1480. The van der Waals surface area contributed by atoms with E-state index in [-0.39, 0.29) is 37.6 Å². The van der Waals surface area contributed by atoms with E-state index in [4.69, 9.17) is 9.72 Å². The number of rotatable bonds is 7. The summed E-state index contributed by atoms with van der Waals surface area (Å²) in [7, 11) is -4.67. The van der Waals surface area contributed by atoms with E-state index < -0.39 is 21.8 Å². The molecule has 2 saturated heterocycles. The molecule has 0 radical (unpaired) electrons.